The van der Waals surface area contributed by atoms with E-state index < -0.39 is 28.5 Å². The number of sulfonamides is 1. The van der Waals surface area contributed by atoms with Gasteiger partial charge in [0.05, 0.1) is 20.6 Å². The summed E-state index contributed by atoms with van der Waals surface area (Å²) in [6.07, 6.45) is 4.05. The van der Waals surface area contributed by atoms with Crippen LogP contribution in [0.15, 0.2) is 108 Å². The van der Waals surface area contributed by atoms with Crippen molar-refractivity contribution < 1.29 is 18.0 Å². The van der Waals surface area contributed by atoms with Crippen molar-refractivity contribution in [2.24, 2.45) is 0 Å². The van der Waals surface area contributed by atoms with Crippen molar-refractivity contribution in [2.45, 2.75) is 62.6 Å². The predicted molar refractivity (Wildman–Crippen MR) is 183 cm³/mol. The maximum absolute atomic E-state index is 14.6. The summed E-state index contributed by atoms with van der Waals surface area (Å²) in [5.74, 6) is -0.811. The van der Waals surface area contributed by atoms with Gasteiger partial charge < -0.3 is 10.2 Å². The number of carbonyl (C=O) groups is 2. The second-order valence-electron chi connectivity index (χ2n) is 11.6. The Hall–Kier alpha value is -3.85. The van der Waals surface area contributed by atoms with E-state index in [4.69, 9.17) is 23.2 Å². The zero-order valence-corrected chi connectivity index (χ0v) is 27.9. The van der Waals surface area contributed by atoms with E-state index in [1.807, 2.05) is 36.4 Å². The second kappa shape index (κ2) is 15.2. The lowest BCUT2D eigenvalue weighted by Crippen LogP contribution is -2.54. The van der Waals surface area contributed by atoms with Gasteiger partial charge in [0.25, 0.3) is 10.0 Å². The summed E-state index contributed by atoms with van der Waals surface area (Å²) < 4.78 is 29.4. The van der Waals surface area contributed by atoms with E-state index in [-0.39, 0.29) is 29.8 Å². The van der Waals surface area contributed by atoms with E-state index in [9.17, 15) is 18.0 Å². The number of hydrogen-bond donors (Lipinski definition) is 1. The molecule has 1 fully saturated rings. The van der Waals surface area contributed by atoms with E-state index in [0.29, 0.717) is 26.9 Å². The Morgan fingerprint density at radius 2 is 1.46 bits per heavy atom. The van der Waals surface area contributed by atoms with Crippen LogP contribution >= 0.6 is 23.2 Å². The molecular formula is C36H37Cl2N3O4S. The third kappa shape index (κ3) is 8.10. The molecule has 0 aliphatic heterocycles. The van der Waals surface area contributed by atoms with Gasteiger partial charge in [-0.15, -0.1) is 0 Å². The molecule has 46 heavy (non-hydrogen) atoms. The highest BCUT2D eigenvalue weighted by atomic mass is 35.5. The van der Waals surface area contributed by atoms with Gasteiger partial charge in [0.2, 0.25) is 11.8 Å². The van der Waals surface area contributed by atoms with Gasteiger partial charge in [-0.3, -0.25) is 13.9 Å². The number of anilines is 1. The fraction of sp³-hybridized carbons (Fsp3) is 0.278. The monoisotopic (exact) mass is 677 g/mol. The Balaban J connectivity index is 1.58. The number of nitrogens with one attached hydrogen (secondary N) is 1. The number of nitrogens with zero attached hydrogens (tertiary/aromatic N) is 2. The molecule has 0 heterocycles. The molecule has 1 aliphatic rings. The first kappa shape index (κ1) is 33.5. The van der Waals surface area contributed by atoms with Crippen LogP contribution < -0.4 is 9.62 Å². The number of carbonyl (C=O) groups excluding carboxylic acids is 2. The van der Waals surface area contributed by atoms with Gasteiger partial charge in [-0.1, -0.05) is 109 Å². The van der Waals surface area contributed by atoms with Crippen LogP contribution in [0.2, 0.25) is 10.0 Å². The molecule has 0 aromatic heterocycles. The van der Waals surface area contributed by atoms with Crippen molar-refractivity contribution in [3.8, 4) is 0 Å². The number of para-hydroxylation sites is 1. The number of aryl methyl sites for hydroxylation is 1. The molecular weight excluding hydrogens is 641 g/mol. The fourth-order valence-corrected chi connectivity index (χ4v) is 7.65. The maximum atomic E-state index is 14.6. The zero-order chi connectivity index (χ0) is 32.7. The summed E-state index contributed by atoms with van der Waals surface area (Å²) in [5.41, 5.74) is 2.59. The maximum Gasteiger partial charge on any atom is 0.264 e. The van der Waals surface area contributed by atoms with Crippen LogP contribution in [0, 0.1) is 6.92 Å². The van der Waals surface area contributed by atoms with Gasteiger partial charge in [-0.05, 0) is 66.8 Å². The minimum atomic E-state index is -4.17. The minimum Gasteiger partial charge on any atom is -0.352 e. The summed E-state index contributed by atoms with van der Waals surface area (Å²) in [6.45, 7) is 1.29. The molecule has 4 aromatic carbocycles. The Morgan fingerprint density at radius 1 is 0.826 bits per heavy atom. The zero-order valence-electron chi connectivity index (χ0n) is 25.6. The van der Waals surface area contributed by atoms with Crippen LogP contribution in [0.3, 0.4) is 0 Å². The standard InChI is InChI=1S/C36H37Cl2N3O4S/c1-26-12-8-11-19-33(26)41(46(44,45)30-17-6-3-7-18-30)25-35(42)40(24-28-20-21-31(37)32(38)22-28)34(23-27-13-4-2-5-14-27)36(43)39-29-15-9-10-16-29/h2-8,11-14,17-22,29,34H,9-10,15-16,23-25H2,1H3,(H,39,43)/t34-/m1/s1. The van der Waals surface area contributed by atoms with Crippen LogP contribution in [0.25, 0.3) is 0 Å². The Morgan fingerprint density at radius 3 is 2.11 bits per heavy atom. The van der Waals surface area contributed by atoms with Crippen LogP contribution in [-0.4, -0.2) is 43.8 Å². The molecule has 1 saturated carbocycles. The largest absolute Gasteiger partial charge is 0.352 e. The first-order chi connectivity index (χ1) is 22.1. The number of rotatable bonds is 12. The van der Waals surface area contributed by atoms with Crippen LogP contribution in [0.1, 0.15) is 42.4 Å². The third-order valence-corrected chi connectivity index (χ3v) is 10.8. The topological polar surface area (TPSA) is 86.8 Å². The quantitative estimate of drug-likeness (QED) is 0.172. The van der Waals surface area contributed by atoms with Crippen molar-refractivity contribution in [3.05, 3.63) is 130 Å². The van der Waals surface area contributed by atoms with E-state index in [1.165, 1.54) is 17.0 Å². The SMILES string of the molecule is Cc1ccccc1N(CC(=O)N(Cc1ccc(Cl)c(Cl)c1)[C@H](Cc1ccccc1)C(=O)NC1CCCC1)S(=O)(=O)c1ccccc1. The molecule has 7 nitrogen and oxygen atoms in total. The molecule has 2 amide bonds. The fourth-order valence-electron chi connectivity index (χ4n) is 5.83. The predicted octanol–water partition coefficient (Wildman–Crippen LogP) is 7.20. The lowest BCUT2D eigenvalue weighted by atomic mass is 10.0. The average molecular weight is 679 g/mol. The number of benzene rings is 4. The van der Waals surface area contributed by atoms with E-state index >= 15 is 0 Å². The lowest BCUT2D eigenvalue weighted by Gasteiger charge is -2.34. The van der Waals surface area contributed by atoms with Gasteiger partial charge in [0.15, 0.2) is 0 Å². The first-order valence-corrected chi connectivity index (χ1v) is 17.5. The molecule has 0 bridgehead atoms. The average Bonchev–Trinajstić information content (AvgIpc) is 3.57. The Kier molecular flexibility index (Phi) is 11.0. The Labute approximate surface area is 281 Å². The van der Waals surface area contributed by atoms with Gasteiger partial charge in [-0.25, -0.2) is 8.42 Å². The van der Waals surface area contributed by atoms with Crippen molar-refractivity contribution in [1.82, 2.24) is 10.2 Å². The molecule has 1 atom stereocenters. The van der Waals surface area contributed by atoms with Crippen molar-refractivity contribution >= 4 is 50.7 Å². The van der Waals surface area contributed by atoms with Crippen LogP contribution in [-0.2, 0) is 32.6 Å². The molecule has 0 unspecified atom stereocenters. The van der Waals surface area contributed by atoms with E-state index in [0.717, 1.165) is 35.6 Å². The molecule has 1 N–H and O–H groups in total. The molecule has 0 spiro atoms. The smallest absolute Gasteiger partial charge is 0.264 e. The highest BCUT2D eigenvalue weighted by Gasteiger charge is 2.36. The molecule has 10 heteroatoms. The minimum absolute atomic E-state index is 0.0122. The van der Waals surface area contributed by atoms with E-state index in [1.54, 1.807) is 61.5 Å². The van der Waals surface area contributed by atoms with Crippen molar-refractivity contribution in [2.75, 3.05) is 10.8 Å². The molecule has 4 aromatic rings. The highest BCUT2D eigenvalue weighted by Crippen LogP contribution is 2.29. The van der Waals surface area contributed by atoms with Gasteiger partial charge in [0.1, 0.15) is 12.6 Å². The second-order valence-corrected chi connectivity index (χ2v) is 14.3. The summed E-state index contributed by atoms with van der Waals surface area (Å²) in [5, 5.41) is 3.86. The summed E-state index contributed by atoms with van der Waals surface area (Å²) >= 11 is 12.6. The van der Waals surface area contributed by atoms with Crippen molar-refractivity contribution in [1.29, 1.82) is 0 Å². The van der Waals surface area contributed by atoms with Crippen molar-refractivity contribution in [3.63, 3.8) is 0 Å². The number of halogens is 2. The molecule has 240 valence electrons. The normalized spacial score (nSPS) is 14.1. The van der Waals surface area contributed by atoms with Gasteiger partial charge in [0, 0.05) is 19.0 Å². The summed E-state index contributed by atoms with van der Waals surface area (Å²) in [7, 11) is -4.17. The van der Waals surface area contributed by atoms with E-state index in [2.05, 4.69) is 5.32 Å². The summed E-state index contributed by atoms with van der Waals surface area (Å²) in [4.78, 5) is 30.3. The molecule has 0 radical (unpaired) electrons. The highest BCUT2D eigenvalue weighted by molar-refractivity contribution is 7.92. The molecule has 5 rings (SSSR count). The van der Waals surface area contributed by atoms with Gasteiger partial charge in [-0.2, -0.15) is 0 Å². The third-order valence-electron chi connectivity index (χ3n) is 8.30. The summed E-state index contributed by atoms with van der Waals surface area (Å²) in [6, 6.07) is 28.7. The molecule has 1 aliphatic carbocycles. The first-order valence-electron chi connectivity index (χ1n) is 15.3. The molecule has 0 saturated heterocycles. The number of hydrogen-bond acceptors (Lipinski definition) is 4. The van der Waals surface area contributed by atoms with Crippen LogP contribution in [0.4, 0.5) is 5.69 Å². The number of amides is 2. The Bertz CT molecular complexity index is 1760. The van der Waals surface area contributed by atoms with Gasteiger partial charge >= 0.3 is 0 Å². The lowest BCUT2D eigenvalue weighted by molar-refractivity contribution is -0.140. The van der Waals surface area contributed by atoms with Crippen LogP contribution in [0.5, 0.6) is 0 Å².